The molecule has 0 radical (unpaired) electrons. The van der Waals surface area contributed by atoms with E-state index in [2.05, 4.69) is 5.32 Å². The maximum absolute atomic E-state index is 12.8. The normalized spacial score (nSPS) is 11.4. The number of ether oxygens (including phenoxy) is 2. The van der Waals surface area contributed by atoms with Crippen molar-refractivity contribution in [2.24, 2.45) is 0 Å². The topological polar surface area (TPSA) is 64.6 Å². The van der Waals surface area contributed by atoms with E-state index in [-0.39, 0.29) is 24.2 Å². The van der Waals surface area contributed by atoms with Gasteiger partial charge in [-0.3, -0.25) is 4.79 Å². The molecule has 0 saturated carbocycles. The van der Waals surface area contributed by atoms with E-state index in [1.54, 1.807) is 38.3 Å². The first kappa shape index (κ1) is 21.1. The molecule has 5 heteroatoms. The van der Waals surface area contributed by atoms with Crippen LogP contribution in [-0.4, -0.2) is 25.6 Å². The summed E-state index contributed by atoms with van der Waals surface area (Å²) < 4.78 is 10.2. The lowest BCUT2D eigenvalue weighted by molar-refractivity contribution is -0.116. The molecule has 1 unspecified atom stereocenters. The largest absolute Gasteiger partial charge is 0.497 e. The predicted octanol–water partition coefficient (Wildman–Crippen LogP) is 5.03. The molecule has 5 nitrogen and oxygen atoms in total. The molecule has 154 valence electrons. The number of carbonyl (C=O) groups is 2. The van der Waals surface area contributed by atoms with E-state index >= 15 is 0 Å². The van der Waals surface area contributed by atoms with Crippen molar-refractivity contribution in [3.05, 3.63) is 95.6 Å². The summed E-state index contributed by atoms with van der Waals surface area (Å²) in [5.74, 6) is 0.204. The van der Waals surface area contributed by atoms with E-state index < -0.39 is 0 Å². The molecule has 1 amide bonds. The van der Waals surface area contributed by atoms with Gasteiger partial charge in [0.15, 0.2) is 0 Å². The number of methoxy groups -OCH3 is 1. The molecule has 0 spiro atoms. The Labute approximate surface area is 176 Å². The number of nitrogens with one attached hydrogen (secondary N) is 1. The fourth-order valence-corrected chi connectivity index (χ4v) is 3.25. The zero-order valence-electron chi connectivity index (χ0n) is 17.1. The molecule has 0 fully saturated rings. The number of hydrogen-bond donors (Lipinski definition) is 1. The minimum atomic E-state index is -0.376. The van der Waals surface area contributed by atoms with Crippen LogP contribution in [-0.2, 0) is 9.53 Å². The fourth-order valence-electron chi connectivity index (χ4n) is 3.25. The van der Waals surface area contributed by atoms with Gasteiger partial charge < -0.3 is 14.8 Å². The molecule has 0 aliphatic heterocycles. The van der Waals surface area contributed by atoms with Gasteiger partial charge in [0.05, 0.1) is 19.3 Å². The monoisotopic (exact) mass is 403 g/mol. The second-order valence-corrected chi connectivity index (χ2v) is 6.79. The molecule has 0 aromatic heterocycles. The Hall–Kier alpha value is -3.60. The standard InChI is InChI=1S/C25H25NO4/c1-3-30-25(28)20-9-13-21(14-10-20)26-24(27)17-23(18-7-5-4-6-8-18)19-11-15-22(29-2)16-12-19/h4-16,23H,3,17H2,1-2H3,(H,26,27). The van der Waals surface area contributed by atoms with Crippen molar-refractivity contribution in [2.75, 3.05) is 19.0 Å². The van der Waals surface area contributed by atoms with Gasteiger partial charge in [0, 0.05) is 18.0 Å². The summed E-state index contributed by atoms with van der Waals surface area (Å²) in [4.78, 5) is 24.6. The molecule has 0 bridgehead atoms. The Balaban J connectivity index is 1.74. The summed E-state index contributed by atoms with van der Waals surface area (Å²) in [5.41, 5.74) is 3.19. The molecule has 3 aromatic carbocycles. The minimum absolute atomic E-state index is 0.0871. The molecule has 0 heterocycles. The van der Waals surface area contributed by atoms with Gasteiger partial charge >= 0.3 is 5.97 Å². The van der Waals surface area contributed by atoms with Crippen LogP contribution in [0.5, 0.6) is 5.75 Å². The van der Waals surface area contributed by atoms with Gasteiger partial charge in [-0.1, -0.05) is 42.5 Å². The van der Waals surface area contributed by atoms with Crippen molar-refractivity contribution in [1.29, 1.82) is 0 Å². The van der Waals surface area contributed by atoms with Crippen LogP contribution in [0.2, 0.25) is 0 Å². The van der Waals surface area contributed by atoms with E-state index in [0.717, 1.165) is 16.9 Å². The summed E-state index contributed by atoms with van der Waals surface area (Å²) in [5, 5.41) is 2.92. The Morgan fingerprint density at radius 3 is 2.10 bits per heavy atom. The maximum atomic E-state index is 12.8. The van der Waals surface area contributed by atoms with Crippen molar-refractivity contribution < 1.29 is 19.1 Å². The minimum Gasteiger partial charge on any atom is -0.497 e. The highest BCUT2D eigenvalue weighted by molar-refractivity contribution is 5.93. The first-order valence-corrected chi connectivity index (χ1v) is 9.86. The number of carbonyl (C=O) groups excluding carboxylic acids is 2. The van der Waals surface area contributed by atoms with Gasteiger partial charge in [0.2, 0.25) is 5.91 Å². The van der Waals surface area contributed by atoms with Crippen LogP contribution in [0.3, 0.4) is 0 Å². The number of benzene rings is 3. The second kappa shape index (κ2) is 10.3. The van der Waals surface area contributed by atoms with E-state index in [4.69, 9.17) is 9.47 Å². The third-order valence-corrected chi connectivity index (χ3v) is 4.79. The highest BCUT2D eigenvalue weighted by Crippen LogP contribution is 2.29. The Kier molecular flexibility index (Phi) is 7.22. The number of amides is 1. The summed E-state index contributed by atoms with van der Waals surface area (Å²) in [6.07, 6.45) is 0.288. The third-order valence-electron chi connectivity index (χ3n) is 4.79. The van der Waals surface area contributed by atoms with Crippen LogP contribution in [0.4, 0.5) is 5.69 Å². The SMILES string of the molecule is CCOC(=O)c1ccc(NC(=O)CC(c2ccccc2)c2ccc(OC)cc2)cc1. The van der Waals surface area contributed by atoms with Gasteiger partial charge in [0.1, 0.15) is 5.75 Å². The Morgan fingerprint density at radius 1 is 0.867 bits per heavy atom. The van der Waals surface area contributed by atoms with Gasteiger partial charge in [-0.05, 0) is 54.4 Å². The zero-order valence-corrected chi connectivity index (χ0v) is 17.1. The van der Waals surface area contributed by atoms with Crippen molar-refractivity contribution >= 4 is 17.6 Å². The molecule has 30 heavy (non-hydrogen) atoms. The Bertz CT molecular complexity index is 966. The summed E-state index contributed by atoms with van der Waals surface area (Å²) in [6, 6.07) is 24.4. The lowest BCUT2D eigenvalue weighted by Crippen LogP contribution is -2.16. The lowest BCUT2D eigenvalue weighted by Gasteiger charge is -2.18. The molecule has 0 saturated heterocycles. The van der Waals surface area contributed by atoms with Crippen LogP contribution in [0.15, 0.2) is 78.9 Å². The zero-order chi connectivity index (χ0) is 21.3. The van der Waals surface area contributed by atoms with Crippen molar-refractivity contribution in [1.82, 2.24) is 0 Å². The average Bonchev–Trinajstić information content (AvgIpc) is 2.79. The van der Waals surface area contributed by atoms with Gasteiger partial charge in [-0.15, -0.1) is 0 Å². The first-order valence-electron chi connectivity index (χ1n) is 9.86. The fraction of sp³-hybridized carbons (Fsp3) is 0.200. The number of hydrogen-bond acceptors (Lipinski definition) is 4. The lowest BCUT2D eigenvalue weighted by atomic mass is 9.88. The van der Waals surface area contributed by atoms with Crippen molar-refractivity contribution in [3.63, 3.8) is 0 Å². The smallest absolute Gasteiger partial charge is 0.338 e. The van der Waals surface area contributed by atoms with Gasteiger partial charge in [-0.25, -0.2) is 4.79 Å². The number of anilines is 1. The van der Waals surface area contributed by atoms with Gasteiger partial charge in [0.25, 0.3) is 0 Å². The maximum Gasteiger partial charge on any atom is 0.338 e. The van der Waals surface area contributed by atoms with E-state index in [1.165, 1.54) is 0 Å². The van der Waals surface area contributed by atoms with E-state index in [9.17, 15) is 9.59 Å². The first-order chi connectivity index (χ1) is 14.6. The summed E-state index contributed by atoms with van der Waals surface area (Å²) >= 11 is 0. The van der Waals surface area contributed by atoms with Gasteiger partial charge in [-0.2, -0.15) is 0 Å². The highest BCUT2D eigenvalue weighted by atomic mass is 16.5. The predicted molar refractivity (Wildman–Crippen MR) is 117 cm³/mol. The van der Waals surface area contributed by atoms with Crippen molar-refractivity contribution in [3.8, 4) is 5.75 Å². The molecule has 0 aliphatic rings. The van der Waals surface area contributed by atoms with Crippen molar-refractivity contribution in [2.45, 2.75) is 19.3 Å². The summed E-state index contributed by atoms with van der Waals surface area (Å²) in [7, 11) is 1.63. The number of rotatable bonds is 8. The van der Waals surface area contributed by atoms with Crippen LogP contribution in [0, 0.1) is 0 Å². The summed E-state index contributed by atoms with van der Waals surface area (Å²) in [6.45, 7) is 2.09. The second-order valence-electron chi connectivity index (χ2n) is 6.79. The molecule has 3 rings (SSSR count). The van der Waals surface area contributed by atoms with Crippen LogP contribution in [0.1, 0.15) is 40.7 Å². The highest BCUT2D eigenvalue weighted by Gasteiger charge is 2.18. The van der Waals surface area contributed by atoms with Crippen LogP contribution < -0.4 is 10.1 Å². The van der Waals surface area contributed by atoms with Crippen LogP contribution in [0.25, 0.3) is 0 Å². The molecule has 1 N–H and O–H groups in total. The average molecular weight is 403 g/mol. The van der Waals surface area contributed by atoms with E-state index in [0.29, 0.717) is 17.9 Å². The molecule has 1 atom stereocenters. The molecular formula is C25H25NO4. The molecule has 3 aromatic rings. The van der Waals surface area contributed by atoms with Crippen LogP contribution >= 0.6 is 0 Å². The number of esters is 1. The molecular weight excluding hydrogens is 378 g/mol. The quantitative estimate of drug-likeness (QED) is 0.536. The third kappa shape index (κ3) is 5.47. The van der Waals surface area contributed by atoms with E-state index in [1.807, 2.05) is 54.6 Å². The molecule has 0 aliphatic carbocycles. The Morgan fingerprint density at radius 2 is 1.50 bits per heavy atom.